The Morgan fingerprint density at radius 1 is 1.41 bits per heavy atom. The maximum Gasteiger partial charge on any atom is 0.179 e. The lowest BCUT2D eigenvalue weighted by Gasteiger charge is -2.28. The number of aromatic amines is 1. The summed E-state index contributed by atoms with van der Waals surface area (Å²) < 4.78 is 2.64. The van der Waals surface area contributed by atoms with Crippen LogP contribution in [0, 0.1) is 4.77 Å². The number of aliphatic hydroxyl groups excluding tert-OH is 1. The highest BCUT2D eigenvalue weighted by Gasteiger charge is 2.26. The molecular formula is C12H15N3OS. The number of aromatic nitrogens is 3. The van der Waals surface area contributed by atoms with E-state index in [4.69, 9.17) is 12.2 Å². The quantitative estimate of drug-likeness (QED) is 0.764. The Labute approximate surface area is 104 Å². The molecule has 2 heterocycles. The van der Waals surface area contributed by atoms with Crippen LogP contribution in [0.2, 0.25) is 0 Å². The highest BCUT2D eigenvalue weighted by atomic mass is 32.1. The van der Waals surface area contributed by atoms with E-state index in [0.717, 1.165) is 36.8 Å². The van der Waals surface area contributed by atoms with Gasteiger partial charge in [0.15, 0.2) is 10.4 Å². The molecule has 0 saturated heterocycles. The van der Waals surface area contributed by atoms with Crippen molar-refractivity contribution in [1.82, 2.24) is 14.5 Å². The number of nitrogens with zero attached hydrogens (tertiary/aromatic N) is 2. The molecule has 17 heavy (non-hydrogen) atoms. The molecule has 2 N–H and O–H groups in total. The monoisotopic (exact) mass is 249 g/mol. The summed E-state index contributed by atoms with van der Waals surface area (Å²) in [6, 6.07) is 3.92. The van der Waals surface area contributed by atoms with E-state index in [2.05, 4.69) is 9.97 Å². The fraction of sp³-hybridized carbons (Fsp3) is 0.500. The Kier molecular flexibility index (Phi) is 2.72. The minimum Gasteiger partial charge on any atom is -0.391 e. The van der Waals surface area contributed by atoms with Gasteiger partial charge in [-0.05, 0) is 37.2 Å². The van der Waals surface area contributed by atoms with Crippen LogP contribution in [-0.4, -0.2) is 25.7 Å². The van der Waals surface area contributed by atoms with Crippen LogP contribution in [0.25, 0.3) is 11.2 Å². The van der Waals surface area contributed by atoms with Crippen LogP contribution in [0.4, 0.5) is 0 Å². The second-order valence-corrected chi connectivity index (χ2v) is 4.98. The SMILES string of the molecule is OC1CCCCC1n1c(=S)[nH]c2cccnc21. The predicted molar refractivity (Wildman–Crippen MR) is 68.4 cm³/mol. The van der Waals surface area contributed by atoms with Gasteiger partial charge in [-0.3, -0.25) is 4.57 Å². The normalized spacial score (nSPS) is 25.2. The van der Waals surface area contributed by atoms with E-state index < -0.39 is 0 Å². The van der Waals surface area contributed by atoms with Gasteiger partial charge in [-0.25, -0.2) is 4.98 Å². The van der Waals surface area contributed by atoms with Crippen molar-refractivity contribution in [3.8, 4) is 0 Å². The van der Waals surface area contributed by atoms with Gasteiger partial charge in [0.25, 0.3) is 0 Å². The number of H-pyrrole nitrogens is 1. The van der Waals surface area contributed by atoms with Crippen LogP contribution < -0.4 is 0 Å². The standard InChI is InChI=1S/C12H15N3OS/c16-10-6-2-1-5-9(10)15-11-8(14-12(15)17)4-3-7-13-11/h3-4,7,9-10,16H,1-2,5-6H2,(H,14,17). The number of imidazole rings is 1. The van der Waals surface area contributed by atoms with Crippen molar-refractivity contribution >= 4 is 23.4 Å². The molecule has 0 aliphatic heterocycles. The van der Waals surface area contributed by atoms with E-state index in [1.54, 1.807) is 6.20 Å². The number of hydrogen-bond donors (Lipinski definition) is 2. The molecule has 0 aromatic carbocycles. The third kappa shape index (κ3) is 1.79. The van der Waals surface area contributed by atoms with Crippen LogP contribution >= 0.6 is 12.2 Å². The molecule has 4 nitrogen and oxygen atoms in total. The van der Waals surface area contributed by atoms with Crippen LogP contribution in [0.3, 0.4) is 0 Å². The van der Waals surface area contributed by atoms with Crippen molar-refractivity contribution in [2.45, 2.75) is 37.8 Å². The van der Waals surface area contributed by atoms with Gasteiger partial charge >= 0.3 is 0 Å². The molecule has 0 radical (unpaired) electrons. The van der Waals surface area contributed by atoms with Crippen molar-refractivity contribution in [1.29, 1.82) is 0 Å². The number of hydrogen-bond acceptors (Lipinski definition) is 3. The smallest absolute Gasteiger partial charge is 0.179 e. The Balaban J connectivity index is 2.15. The Hall–Kier alpha value is -1.20. The molecule has 1 aliphatic carbocycles. The van der Waals surface area contributed by atoms with Gasteiger partial charge in [-0.2, -0.15) is 0 Å². The van der Waals surface area contributed by atoms with Crippen molar-refractivity contribution < 1.29 is 5.11 Å². The first-order valence-corrected chi connectivity index (χ1v) is 6.41. The summed E-state index contributed by atoms with van der Waals surface area (Å²) in [5.41, 5.74) is 1.79. The Morgan fingerprint density at radius 2 is 2.24 bits per heavy atom. The molecule has 2 unspecified atom stereocenters. The zero-order valence-corrected chi connectivity index (χ0v) is 10.3. The highest BCUT2D eigenvalue weighted by molar-refractivity contribution is 7.71. The average molecular weight is 249 g/mol. The first-order valence-electron chi connectivity index (χ1n) is 6.00. The first-order chi connectivity index (χ1) is 8.27. The molecule has 5 heteroatoms. The molecule has 3 rings (SSSR count). The molecule has 0 spiro atoms. The first kappa shape index (κ1) is 10.9. The Morgan fingerprint density at radius 3 is 3.06 bits per heavy atom. The largest absolute Gasteiger partial charge is 0.391 e. The summed E-state index contributed by atoms with van der Waals surface area (Å²) in [6.07, 6.45) is 5.52. The van der Waals surface area contributed by atoms with Gasteiger partial charge in [0.1, 0.15) is 0 Å². The maximum absolute atomic E-state index is 10.1. The number of nitrogens with one attached hydrogen (secondary N) is 1. The average Bonchev–Trinajstić information content (AvgIpc) is 2.66. The third-order valence-electron chi connectivity index (χ3n) is 3.50. The van der Waals surface area contributed by atoms with E-state index in [1.807, 2.05) is 16.7 Å². The summed E-state index contributed by atoms with van der Waals surface area (Å²) in [5, 5.41) is 10.1. The van der Waals surface area contributed by atoms with Crippen LogP contribution in [0.1, 0.15) is 31.7 Å². The summed E-state index contributed by atoms with van der Waals surface area (Å²) in [4.78, 5) is 7.51. The zero-order chi connectivity index (χ0) is 11.8. The lowest BCUT2D eigenvalue weighted by Crippen LogP contribution is -2.27. The minimum atomic E-state index is -0.309. The van der Waals surface area contributed by atoms with Crippen LogP contribution in [-0.2, 0) is 0 Å². The molecule has 1 aliphatic rings. The lowest BCUT2D eigenvalue weighted by molar-refractivity contribution is 0.0764. The van der Waals surface area contributed by atoms with Crippen molar-refractivity contribution in [2.24, 2.45) is 0 Å². The number of fused-ring (bicyclic) bond motifs is 1. The summed E-state index contributed by atoms with van der Waals surface area (Å²) in [5.74, 6) is 0. The number of rotatable bonds is 1. The molecule has 2 aromatic heterocycles. The van der Waals surface area contributed by atoms with Gasteiger partial charge in [0.2, 0.25) is 0 Å². The minimum absolute atomic E-state index is 0.0694. The second-order valence-electron chi connectivity index (χ2n) is 4.59. The molecule has 1 fully saturated rings. The molecule has 2 atom stereocenters. The van der Waals surface area contributed by atoms with E-state index >= 15 is 0 Å². The molecule has 90 valence electrons. The second kappa shape index (κ2) is 4.23. The molecule has 1 saturated carbocycles. The molecule has 0 bridgehead atoms. The van der Waals surface area contributed by atoms with Crippen LogP contribution in [0.5, 0.6) is 0 Å². The van der Waals surface area contributed by atoms with Gasteiger partial charge < -0.3 is 10.1 Å². The van der Waals surface area contributed by atoms with Crippen molar-refractivity contribution in [3.63, 3.8) is 0 Å². The van der Waals surface area contributed by atoms with Gasteiger partial charge in [0.05, 0.1) is 17.7 Å². The summed E-state index contributed by atoms with van der Waals surface area (Å²) in [7, 11) is 0. The fourth-order valence-corrected chi connectivity index (χ4v) is 2.99. The number of aliphatic hydroxyl groups is 1. The third-order valence-corrected chi connectivity index (χ3v) is 3.80. The molecular weight excluding hydrogens is 234 g/mol. The van der Waals surface area contributed by atoms with E-state index in [1.165, 1.54) is 0 Å². The molecule has 0 amide bonds. The number of pyridine rings is 1. The van der Waals surface area contributed by atoms with E-state index in [0.29, 0.717) is 4.77 Å². The van der Waals surface area contributed by atoms with Crippen LogP contribution in [0.15, 0.2) is 18.3 Å². The lowest BCUT2D eigenvalue weighted by atomic mass is 9.92. The summed E-state index contributed by atoms with van der Waals surface area (Å²) >= 11 is 5.34. The topological polar surface area (TPSA) is 53.8 Å². The van der Waals surface area contributed by atoms with Gasteiger partial charge in [-0.1, -0.05) is 12.8 Å². The van der Waals surface area contributed by atoms with E-state index in [-0.39, 0.29) is 12.1 Å². The van der Waals surface area contributed by atoms with Gasteiger partial charge in [-0.15, -0.1) is 0 Å². The zero-order valence-electron chi connectivity index (χ0n) is 9.47. The van der Waals surface area contributed by atoms with Gasteiger partial charge in [0, 0.05) is 6.20 Å². The summed E-state index contributed by atoms with van der Waals surface area (Å²) in [6.45, 7) is 0. The van der Waals surface area contributed by atoms with Crippen molar-refractivity contribution in [3.05, 3.63) is 23.1 Å². The maximum atomic E-state index is 10.1. The fourth-order valence-electron chi connectivity index (χ4n) is 2.66. The van der Waals surface area contributed by atoms with E-state index in [9.17, 15) is 5.11 Å². The molecule has 2 aromatic rings. The highest BCUT2D eigenvalue weighted by Crippen LogP contribution is 2.31. The Bertz CT molecular complexity index is 589. The van der Waals surface area contributed by atoms with Crippen molar-refractivity contribution in [2.75, 3.05) is 0 Å². The predicted octanol–water partition coefficient (Wildman–Crippen LogP) is 2.57.